The van der Waals surface area contributed by atoms with Crippen LogP contribution in [-0.4, -0.2) is 45.6 Å². The van der Waals surface area contributed by atoms with Gasteiger partial charge in [0, 0.05) is 44.5 Å². The van der Waals surface area contributed by atoms with Crippen LogP contribution in [0.2, 0.25) is 0 Å². The Labute approximate surface area is 162 Å². The number of H-pyrrole nitrogens is 1. The number of methoxy groups -OCH3 is 2. The molecule has 0 bridgehead atoms. The van der Waals surface area contributed by atoms with E-state index >= 15 is 0 Å². The van der Waals surface area contributed by atoms with E-state index in [1.807, 2.05) is 18.2 Å². The molecule has 1 aromatic carbocycles. The standard InChI is InChI=1S/C20H21N5O3/c1-27-15-5-13(6-16(7-15)28-2)10-25-4-3-18-17(11-25)20(26)24-19(23-18)14-8-21-12-22-9-14/h5-9,12H,3-4,10-11H2,1-2H3,(H,23,24,26). The van der Waals surface area contributed by atoms with Crippen molar-refractivity contribution >= 4 is 0 Å². The zero-order chi connectivity index (χ0) is 19.5. The molecule has 0 unspecified atom stereocenters. The summed E-state index contributed by atoms with van der Waals surface area (Å²) in [6.45, 7) is 2.05. The van der Waals surface area contributed by atoms with Gasteiger partial charge in [-0.2, -0.15) is 0 Å². The normalized spacial score (nSPS) is 13.8. The smallest absolute Gasteiger partial charge is 0.255 e. The van der Waals surface area contributed by atoms with Gasteiger partial charge in [-0.05, 0) is 17.7 Å². The van der Waals surface area contributed by atoms with Gasteiger partial charge < -0.3 is 14.5 Å². The monoisotopic (exact) mass is 379 g/mol. The number of hydrogen-bond donors (Lipinski definition) is 1. The fourth-order valence-corrected chi connectivity index (χ4v) is 3.39. The van der Waals surface area contributed by atoms with Gasteiger partial charge in [-0.25, -0.2) is 15.0 Å². The van der Waals surface area contributed by atoms with Crippen molar-refractivity contribution in [3.63, 3.8) is 0 Å². The van der Waals surface area contributed by atoms with E-state index in [1.165, 1.54) is 6.33 Å². The van der Waals surface area contributed by atoms with E-state index in [9.17, 15) is 4.79 Å². The highest BCUT2D eigenvalue weighted by Gasteiger charge is 2.22. The van der Waals surface area contributed by atoms with Crippen LogP contribution in [0.15, 0.2) is 41.7 Å². The number of fused-ring (bicyclic) bond motifs is 1. The van der Waals surface area contributed by atoms with Crippen LogP contribution >= 0.6 is 0 Å². The fourth-order valence-electron chi connectivity index (χ4n) is 3.39. The molecule has 2 aromatic heterocycles. The minimum Gasteiger partial charge on any atom is -0.497 e. The third-order valence-corrected chi connectivity index (χ3v) is 4.80. The predicted octanol–water partition coefficient (Wildman–Crippen LogP) is 1.80. The van der Waals surface area contributed by atoms with Gasteiger partial charge >= 0.3 is 0 Å². The summed E-state index contributed by atoms with van der Waals surface area (Å²) < 4.78 is 10.7. The zero-order valence-corrected chi connectivity index (χ0v) is 15.8. The third-order valence-electron chi connectivity index (χ3n) is 4.80. The van der Waals surface area contributed by atoms with E-state index in [-0.39, 0.29) is 5.56 Å². The lowest BCUT2D eigenvalue weighted by Gasteiger charge is -2.28. The number of aromatic nitrogens is 4. The number of ether oxygens (including phenoxy) is 2. The molecular formula is C20H21N5O3. The number of benzene rings is 1. The first-order valence-electron chi connectivity index (χ1n) is 8.98. The van der Waals surface area contributed by atoms with Crippen LogP contribution in [0.1, 0.15) is 16.8 Å². The Morgan fingerprint density at radius 3 is 2.50 bits per heavy atom. The highest BCUT2D eigenvalue weighted by molar-refractivity contribution is 5.52. The molecule has 3 aromatic rings. The van der Waals surface area contributed by atoms with Crippen molar-refractivity contribution in [3.8, 4) is 22.9 Å². The topological polar surface area (TPSA) is 93.2 Å². The molecular weight excluding hydrogens is 358 g/mol. The molecule has 1 N–H and O–H groups in total. The summed E-state index contributed by atoms with van der Waals surface area (Å²) in [5.74, 6) is 2.01. The van der Waals surface area contributed by atoms with Gasteiger partial charge in [0.25, 0.3) is 5.56 Å². The lowest BCUT2D eigenvalue weighted by Crippen LogP contribution is -2.35. The van der Waals surface area contributed by atoms with Crippen LogP contribution in [0.4, 0.5) is 0 Å². The van der Waals surface area contributed by atoms with Crippen molar-refractivity contribution in [3.05, 3.63) is 64.1 Å². The second-order valence-corrected chi connectivity index (χ2v) is 6.65. The lowest BCUT2D eigenvalue weighted by atomic mass is 10.1. The average Bonchev–Trinajstić information content (AvgIpc) is 2.74. The zero-order valence-electron chi connectivity index (χ0n) is 15.8. The van der Waals surface area contributed by atoms with Crippen LogP contribution in [0.25, 0.3) is 11.4 Å². The molecule has 0 saturated carbocycles. The fraction of sp³-hybridized carbons (Fsp3) is 0.300. The van der Waals surface area contributed by atoms with Gasteiger partial charge in [-0.15, -0.1) is 0 Å². The van der Waals surface area contributed by atoms with Crippen molar-refractivity contribution in [2.45, 2.75) is 19.5 Å². The second-order valence-electron chi connectivity index (χ2n) is 6.65. The summed E-state index contributed by atoms with van der Waals surface area (Å²) in [7, 11) is 3.27. The first-order chi connectivity index (χ1) is 13.7. The Morgan fingerprint density at radius 1 is 1.11 bits per heavy atom. The summed E-state index contributed by atoms with van der Waals surface area (Å²) in [5.41, 5.74) is 3.20. The van der Waals surface area contributed by atoms with E-state index in [0.29, 0.717) is 36.5 Å². The van der Waals surface area contributed by atoms with Gasteiger partial charge in [0.1, 0.15) is 23.7 Å². The molecule has 0 amide bonds. The Kier molecular flexibility index (Phi) is 5.03. The van der Waals surface area contributed by atoms with Gasteiger partial charge in [-0.1, -0.05) is 0 Å². The molecule has 1 aliphatic heterocycles. The molecule has 8 nitrogen and oxygen atoms in total. The Balaban J connectivity index is 1.56. The highest BCUT2D eigenvalue weighted by Crippen LogP contribution is 2.25. The van der Waals surface area contributed by atoms with Crippen molar-refractivity contribution in [2.75, 3.05) is 20.8 Å². The maximum Gasteiger partial charge on any atom is 0.255 e. The summed E-state index contributed by atoms with van der Waals surface area (Å²) in [6.07, 6.45) is 5.44. The van der Waals surface area contributed by atoms with Crippen LogP contribution in [-0.2, 0) is 19.5 Å². The SMILES string of the molecule is COc1cc(CN2CCc3nc(-c4cncnc4)[nH]c(=O)c3C2)cc(OC)c1. The van der Waals surface area contributed by atoms with Crippen LogP contribution in [0.5, 0.6) is 11.5 Å². The van der Waals surface area contributed by atoms with E-state index < -0.39 is 0 Å². The quantitative estimate of drug-likeness (QED) is 0.722. The van der Waals surface area contributed by atoms with Crippen LogP contribution in [0, 0.1) is 0 Å². The van der Waals surface area contributed by atoms with Gasteiger partial charge in [0.05, 0.1) is 31.0 Å². The van der Waals surface area contributed by atoms with Gasteiger partial charge in [0.15, 0.2) is 0 Å². The molecule has 0 fully saturated rings. The first kappa shape index (κ1) is 18.1. The van der Waals surface area contributed by atoms with Crippen LogP contribution < -0.4 is 15.0 Å². The lowest BCUT2D eigenvalue weighted by molar-refractivity contribution is 0.241. The summed E-state index contributed by atoms with van der Waals surface area (Å²) in [4.78, 5) is 30.3. The van der Waals surface area contributed by atoms with E-state index in [0.717, 1.165) is 29.3 Å². The maximum atomic E-state index is 12.7. The molecule has 144 valence electrons. The van der Waals surface area contributed by atoms with E-state index in [1.54, 1.807) is 26.6 Å². The average molecular weight is 379 g/mol. The van der Waals surface area contributed by atoms with Crippen molar-refractivity contribution < 1.29 is 9.47 Å². The van der Waals surface area contributed by atoms with E-state index in [2.05, 4.69) is 24.8 Å². The minimum atomic E-state index is -0.114. The number of aromatic amines is 1. The maximum absolute atomic E-state index is 12.7. The predicted molar refractivity (Wildman–Crippen MR) is 103 cm³/mol. The Morgan fingerprint density at radius 2 is 1.82 bits per heavy atom. The molecule has 0 atom stereocenters. The molecule has 0 radical (unpaired) electrons. The molecule has 0 saturated heterocycles. The minimum absolute atomic E-state index is 0.114. The number of nitrogens with zero attached hydrogens (tertiary/aromatic N) is 4. The molecule has 8 heteroatoms. The summed E-state index contributed by atoms with van der Waals surface area (Å²) in [5, 5.41) is 0. The van der Waals surface area contributed by atoms with Crippen molar-refractivity contribution in [1.82, 2.24) is 24.8 Å². The second kappa shape index (κ2) is 7.77. The molecule has 3 heterocycles. The van der Waals surface area contributed by atoms with Crippen LogP contribution in [0.3, 0.4) is 0 Å². The van der Waals surface area contributed by atoms with Gasteiger partial charge in [0.2, 0.25) is 0 Å². The molecule has 0 aliphatic carbocycles. The number of nitrogens with one attached hydrogen (secondary N) is 1. The Bertz CT molecular complexity index is 1010. The van der Waals surface area contributed by atoms with Crippen molar-refractivity contribution in [2.24, 2.45) is 0 Å². The molecule has 4 rings (SSSR count). The highest BCUT2D eigenvalue weighted by atomic mass is 16.5. The summed E-state index contributed by atoms with van der Waals surface area (Å²) >= 11 is 0. The molecule has 0 spiro atoms. The van der Waals surface area contributed by atoms with Gasteiger partial charge in [-0.3, -0.25) is 9.69 Å². The van der Waals surface area contributed by atoms with E-state index in [4.69, 9.17) is 9.47 Å². The summed E-state index contributed by atoms with van der Waals surface area (Å²) in [6, 6.07) is 5.82. The molecule has 28 heavy (non-hydrogen) atoms. The largest absolute Gasteiger partial charge is 0.497 e. The number of rotatable bonds is 5. The Hall–Kier alpha value is -3.26. The van der Waals surface area contributed by atoms with Crippen molar-refractivity contribution in [1.29, 1.82) is 0 Å². The number of hydrogen-bond acceptors (Lipinski definition) is 7. The first-order valence-corrected chi connectivity index (χ1v) is 8.98. The molecule has 1 aliphatic rings. The third kappa shape index (κ3) is 3.72.